The van der Waals surface area contributed by atoms with Gasteiger partial charge in [0, 0.05) is 17.8 Å². The molecule has 0 fully saturated rings. The van der Waals surface area contributed by atoms with Crippen molar-refractivity contribution >= 4 is 0 Å². The molecule has 0 aliphatic heterocycles. The molecule has 4 rings (SSSR count). The first-order chi connectivity index (χ1) is 12.2. The summed E-state index contributed by atoms with van der Waals surface area (Å²) in [7, 11) is 0. The van der Waals surface area contributed by atoms with Gasteiger partial charge in [0.2, 0.25) is 0 Å². The van der Waals surface area contributed by atoms with E-state index in [1.807, 2.05) is 0 Å². The summed E-state index contributed by atoms with van der Waals surface area (Å²) in [4.78, 5) is 9.73. The van der Waals surface area contributed by atoms with Crippen molar-refractivity contribution in [2.24, 2.45) is 0 Å². The number of nitrogens with zero attached hydrogens (tertiary/aromatic N) is 2. The minimum absolute atomic E-state index is 0.803. The Kier molecular flexibility index (Phi) is 4.12. The maximum absolute atomic E-state index is 4.87. The maximum Gasteiger partial charge on any atom is 0.133 e. The van der Waals surface area contributed by atoms with E-state index in [4.69, 9.17) is 9.97 Å². The first-order valence-corrected chi connectivity index (χ1v) is 9.25. The van der Waals surface area contributed by atoms with E-state index >= 15 is 0 Å². The van der Waals surface area contributed by atoms with Crippen LogP contribution in [0.3, 0.4) is 0 Å². The van der Waals surface area contributed by atoms with Crippen molar-refractivity contribution in [3.05, 3.63) is 81.9 Å². The highest BCUT2D eigenvalue weighted by molar-refractivity contribution is 5.79. The lowest BCUT2D eigenvalue weighted by Crippen LogP contribution is -2.08. The molecule has 25 heavy (non-hydrogen) atoms. The van der Waals surface area contributed by atoms with Gasteiger partial charge in [-0.2, -0.15) is 0 Å². The van der Waals surface area contributed by atoms with E-state index in [1.165, 1.54) is 44.8 Å². The fraction of sp³-hybridized carbons (Fsp3) is 0.304. The molecule has 0 saturated carbocycles. The van der Waals surface area contributed by atoms with Crippen molar-refractivity contribution in [2.45, 2.75) is 46.5 Å². The van der Waals surface area contributed by atoms with Gasteiger partial charge in [0.1, 0.15) is 5.82 Å². The summed E-state index contributed by atoms with van der Waals surface area (Å²) in [5.74, 6) is 0.956. The number of aromatic nitrogens is 2. The predicted octanol–water partition coefficient (Wildman–Crippen LogP) is 5.07. The molecule has 2 nitrogen and oxygen atoms in total. The Morgan fingerprint density at radius 1 is 0.840 bits per heavy atom. The molecule has 2 aromatic carbocycles. The molecule has 0 amide bonds. The molecule has 0 saturated heterocycles. The Morgan fingerprint density at radius 3 is 2.24 bits per heavy atom. The minimum Gasteiger partial charge on any atom is -0.237 e. The van der Waals surface area contributed by atoms with Crippen LogP contribution in [0.2, 0.25) is 0 Å². The monoisotopic (exact) mass is 328 g/mol. The molecule has 1 aromatic heterocycles. The zero-order chi connectivity index (χ0) is 17.4. The standard InChI is InChI=1S/C23H24N2/c1-4-20-15(3)21(5-2)25-22(24-20)14-18-11-8-10-17-13-16-9-6-7-12-19(16)23(17)18/h6-12H,4-5,13-14H2,1-3H3. The lowest BCUT2D eigenvalue weighted by molar-refractivity contribution is 0.841. The summed E-state index contributed by atoms with van der Waals surface area (Å²) in [6.07, 6.45) is 3.76. The van der Waals surface area contributed by atoms with Crippen LogP contribution in [0.25, 0.3) is 11.1 Å². The van der Waals surface area contributed by atoms with E-state index in [2.05, 4.69) is 63.2 Å². The largest absolute Gasteiger partial charge is 0.237 e. The number of aryl methyl sites for hydroxylation is 2. The van der Waals surface area contributed by atoms with Gasteiger partial charge in [-0.1, -0.05) is 56.3 Å². The Balaban J connectivity index is 1.79. The average Bonchev–Trinajstić information content (AvgIpc) is 3.02. The minimum atomic E-state index is 0.803. The highest BCUT2D eigenvalue weighted by atomic mass is 14.9. The number of hydrogen-bond donors (Lipinski definition) is 0. The summed E-state index contributed by atoms with van der Waals surface area (Å²) >= 11 is 0. The van der Waals surface area contributed by atoms with E-state index in [0.717, 1.165) is 31.5 Å². The highest BCUT2D eigenvalue weighted by Gasteiger charge is 2.21. The third kappa shape index (κ3) is 2.76. The maximum atomic E-state index is 4.87. The van der Waals surface area contributed by atoms with Crippen LogP contribution in [0.1, 0.15) is 53.3 Å². The fourth-order valence-electron chi connectivity index (χ4n) is 4.03. The van der Waals surface area contributed by atoms with Gasteiger partial charge in [-0.05, 0) is 59.6 Å². The fourth-order valence-corrected chi connectivity index (χ4v) is 4.03. The van der Waals surface area contributed by atoms with Crippen molar-refractivity contribution in [3.8, 4) is 11.1 Å². The lowest BCUT2D eigenvalue weighted by atomic mass is 9.97. The molecule has 3 aromatic rings. The molecule has 2 heteroatoms. The van der Waals surface area contributed by atoms with Gasteiger partial charge in [-0.25, -0.2) is 9.97 Å². The summed E-state index contributed by atoms with van der Waals surface area (Å²) in [6.45, 7) is 6.50. The van der Waals surface area contributed by atoms with Crippen LogP contribution >= 0.6 is 0 Å². The van der Waals surface area contributed by atoms with Crippen molar-refractivity contribution in [1.29, 1.82) is 0 Å². The van der Waals surface area contributed by atoms with Crippen molar-refractivity contribution < 1.29 is 0 Å². The van der Waals surface area contributed by atoms with Gasteiger partial charge in [0.25, 0.3) is 0 Å². The van der Waals surface area contributed by atoms with Crippen LogP contribution < -0.4 is 0 Å². The third-order valence-corrected chi connectivity index (χ3v) is 5.32. The summed E-state index contributed by atoms with van der Waals surface area (Å²) in [5.41, 5.74) is 10.6. The second kappa shape index (κ2) is 6.44. The predicted molar refractivity (Wildman–Crippen MR) is 103 cm³/mol. The van der Waals surface area contributed by atoms with E-state index in [0.29, 0.717) is 0 Å². The topological polar surface area (TPSA) is 25.8 Å². The second-order valence-corrected chi connectivity index (χ2v) is 6.83. The molecular formula is C23H24N2. The zero-order valence-corrected chi connectivity index (χ0v) is 15.3. The first-order valence-electron chi connectivity index (χ1n) is 9.25. The summed E-state index contributed by atoms with van der Waals surface area (Å²) < 4.78 is 0. The quantitative estimate of drug-likeness (QED) is 0.522. The third-order valence-electron chi connectivity index (χ3n) is 5.32. The molecule has 0 atom stereocenters. The Morgan fingerprint density at radius 2 is 1.52 bits per heavy atom. The molecule has 0 radical (unpaired) electrons. The van der Waals surface area contributed by atoms with Crippen LogP contribution in [-0.4, -0.2) is 9.97 Å². The van der Waals surface area contributed by atoms with E-state index in [-0.39, 0.29) is 0 Å². The van der Waals surface area contributed by atoms with E-state index < -0.39 is 0 Å². The van der Waals surface area contributed by atoms with Gasteiger partial charge in [-0.15, -0.1) is 0 Å². The van der Waals surface area contributed by atoms with Gasteiger partial charge < -0.3 is 0 Å². The normalized spacial score (nSPS) is 12.1. The molecule has 1 aliphatic carbocycles. The van der Waals surface area contributed by atoms with Crippen LogP contribution in [0.4, 0.5) is 0 Å². The SMILES string of the molecule is CCc1nc(Cc2cccc3c2-c2ccccc2C3)nc(CC)c1C. The highest BCUT2D eigenvalue weighted by Crippen LogP contribution is 2.39. The molecule has 1 heterocycles. The van der Waals surface area contributed by atoms with Crippen LogP contribution in [0, 0.1) is 6.92 Å². The number of benzene rings is 2. The van der Waals surface area contributed by atoms with Gasteiger partial charge >= 0.3 is 0 Å². The smallest absolute Gasteiger partial charge is 0.133 e. The van der Waals surface area contributed by atoms with Crippen LogP contribution in [0.5, 0.6) is 0 Å². The van der Waals surface area contributed by atoms with Crippen molar-refractivity contribution in [1.82, 2.24) is 9.97 Å². The summed E-state index contributed by atoms with van der Waals surface area (Å²) in [6, 6.07) is 15.4. The number of rotatable bonds is 4. The van der Waals surface area contributed by atoms with Crippen molar-refractivity contribution in [3.63, 3.8) is 0 Å². The molecule has 0 bridgehead atoms. The van der Waals surface area contributed by atoms with Crippen LogP contribution in [-0.2, 0) is 25.7 Å². The Labute approximate surface area is 150 Å². The zero-order valence-electron chi connectivity index (χ0n) is 15.3. The summed E-state index contributed by atoms with van der Waals surface area (Å²) in [5, 5.41) is 0. The van der Waals surface area contributed by atoms with Crippen molar-refractivity contribution in [2.75, 3.05) is 0 Å². The molecular weight excluding hydrogens is 304 g/mol. The Bertz CT molecular complexity index is 916. The Hall–Kier alpha value is -2.48. The number of hydrogen-bond acceptors (Lipinski definition) is 2. The number of fused-ring (bicyclic) bond motifs is 3. The molecule has 1 aliphatic rings. The first kappa shape index (κ1) is 16.0. The van der Waals surface area contributed by atoms with Crippen LogP contribution in [0.15, 0.2) is 42.5 Å². The molecule has 0 N–H and O–H groups in total. The molecule has 0 unspecified atom stereocenters. The average molecular weight is 328 g/mol. The van der Waals surface area contributed by atoms with Gasteiger partial charge in [0.05, 0.1) is 0 Å². The molecule has 126 valence electrons. The second-order valence-electron chi connectivity index (χ2n) is 6.83. The van der Waals surface area contributed by atoms with E-state index in [9.17, 15) is 0 Å². The molecule has 0 spiro atoms. The van der Waals surface area contributed by atoms with Gasteiger partial charge in [0.15, 0.2) is 0 Å². The van der Waals surface area contributed by atoms with Gasteiger partial charge in [-0.3, -0.25) is 0 Å². The van der Waals surface area contributed by atoms with E-state index in [1.54, 1.807) is 0 Å². The lowest BCUT2D eigenvalue weighted by Gasteiger charge is -2.13.